The Kier molecular flexibility index (Phi) is 6.26. The number of nitrogens with zero attached hydrogens (tertiary/aromatic N) is 2. The molecular formula is C27H30N2O3. The van der Waals surface area contributed by atoms with E-state index in [1.54, 1.807) is 7.11 Å². The van der Waals surface area contributed by atoms with Gasteiger partial charge in [0.2, 0.25) is 12.7 Å². The average molecular weight is 431 g/mol. The number of ether oxygens (including phenoxy) is 3. The van der Waals surface area contributed by atoms with Gasteiger partial charge in [0, 0.05) is 23.9 Å². The Morgan fingerprint density at radius 3 is 2.62 bits per heavy atom. The van der Waals surface area contributed by atoms with Gasteiger partial charge in [0.25, 0.3) is 0 Å². The molecule has 166 valence electrons. The molecule has 0 atom stereocenters. The van der Waals surface area contributed by atoms with Crippen LogP contribution in [0.1, 0.15) is 30.4 Å². The molecule has 2 aliphatic heterocycles. The van der Waals surface area contributed by atoms with E-state index in [9.17, 15) is 0 Å². The van der Waals surface area contributed by atoms with E-state index in [1.165, 1.54) is 30.4 Å². The van der Waals surface area contributed by atoms with Gasteiger partial charge in [-0.2, -0.15) is 0 Å². The molecule has 0 saturated carbocycles. The largest absolute Gasteiger partial charge is 0.481 e. The molecule has 5 rings (SSSR count). The molecule has 5 heteroatoms. The maximum Gasteiger partial charge on any atom is 0.231 e. The summed E-state index contributed by atoms with van der Waals surface area (Å²) in [6, 6.07) is 18.9. The van der Waals surface area contributed by atoms with E-state index in [4.69, 9.17) is 14.2 Å². The highest BCUT2D eigenvalue weighted by molar-refractivity contribution is 5.63. The van der Waals surface area contributed by atoms with Crippen molar-refractivity contribution in [1.82, 2.24) is 9.88 Å². The lowest BCUT2D eigenvalue weighted by Gasteiger charge is -2.32. The van der Waals surface area contributed by atoms with Gasteiger partial charge in [0.15, 0.2) is 11.5 Å². The van der Waals surface area contributed by atoms with Gasteiger partial charge >= 0.3 is 0 Å². The lowest BCUT2D eigenvalue weighted by atomic mass is 9.90. The lowest BCUT2D eigenvalue weighted by Crippen LogP contribution is -2.33. The summed E-state index contributed by atoms with van der Waals surface area (Å²) in [6.45, 7) is 3.43. The Hall–Kier alpha value is -3.05. The first kappa shape index (κ1) is 20.8. The van der Waals surface area contributed by atoms with Crippen LogP contribution in [0.15, 0.2) is 60.8 Å². The highest BCUT2D eigenvalue weighted by Crippen LogP contribution is 2.37. The number of aromatic nitrogens is 1. The molecule has 0 spiro atoms. The van der Waals surface area contributed by atoms with Crippen molar-refractivity contribution in [1.29, 1.82) is 0 Å². The monoisotopic (exact) mass is 430 g/mol. The summed E-state index contributed by atoms with van der Waals surface area (Å²) >= 11 is 0. The van der Waals surface area contributed by atoms with E-state index < -0.39 is 0 Å². The van der Waals surface area contributed by atoms with E-state index in [1.807, 2.05) is 18.3 Å². The van der Waals surface area contributed by atoms with E-state index >= 15 is 0 Å². The second-order valence-corrected chi connectivity index (χ2v) is 8.67. The maximum absolute atomic E-state index is 5.67. The molecule has 32 heavy (non-hydrogen) atoms. The molecule has 1 aromatic heterocycles. The third-order valence-electron chi connectivity index (χ3n) is 6.63. The number of methoxy groups -OCH3 is 1. The number of benzene rings is 2. The summed E-state index contributed by atoms with van der Waals surface area (Å²) in [6.07, 6.45) is 6.59. The second-order valence-electron chi connectivity index (χ2n) is 8.67. The van der Waals surface area contributed by atoms with Crippen molar-refractivity contribution in [2.24, 2.45) is 5.92 Å². The molecule has 0 radical (unpaired) electrons. The van der Waals surface area contributed by atoms with Crippen LogP contribution < -0.4 is 14.2 Å². The Balaban J connectivity index is 1.18. The van der Waals surface area contributed by atoms with Gasteiger partial charge in [-0.1, -0.05) is 42.5 Å². The Bertz CT molecular complexity index is 1050. The molecule has 0 N–H and O–H groups in total. The summed E-state index contributed by atoms with van der Waals surface area (Å²) in [5.74, 6) is 3.31. The quantitative estimate of drug-likeness (QED) is 0.507. The highest BCUT2D eigenvalue weighted by atomic mass is 16.7. The van der Waals surface area contributed by atoms with Gasteiger partial charge in [0.1, 0.15) is 0 Å². The molecule has 0 bridgehead atoms. The molecule has 0 aliphatic carbocycles. The summed E-state index contributed by atoms with van der Waals surface area (Å²) in [5, 5.41) is 0. The minimum absolute atomic E-state index is 0.342. The fourth-order valence-electron chi connectivity index (χ4n) is 4.80. The molecule has 3 heterocycles. The number of hydrogen-bond donors (Lipinski definition) is 0. The second kappa shape index (κ2) is 9.61. The number of fused-ring (bicyclic) bond motifs is 1. The number of para-hydroxylation sites is 1. The lowest BCUT2D eigenvalue weighted by molar-refractivity contribution is 0.168. The third-order valence-corrected chi connectivity index (χ3v) is 6.63. The topological polar surface area (TPSA) is 43.8 Å². The SMILES string of the molecule is COc1ncc(-c2ccccc2)cc1CN1CCC(CCc2cccc3c2OCO3)CC1. The molecule has 0 amide bonds. The van der Waals surface area contributed by atoms with Crippen LogP contribution in [0, 0.1) is 5.92 Å². The Morgan fingerprint density at radius 1 is 0.969 bits per heavy atom. The standard InChI is InChI=1S/C27H30N2O3/c1-30-27-24(16-23(17-28-27)21-6-3-2-4-7-21)18-29-14-12-20(13-15-29)10-11-22-8-5-9-25-26(22)32-19-31-25/h2-9,16-17,20H,10-15,18-19H2,1H3. The third kappa shape index (κ3) is 4.58. The first-order valence-electron chi connectivity index (χ1n) is 11.5. The number of aryl methyl sites for hydroxylation is 1. The average Bonchev–Trinajstić information content (AvgIpc) is 3.34. The van der Waals surface area contributed by atoms with E-state index in [-0.39, 0.29) is 0 Å². The van der Waals surface area contributed by atoms with Crippen LogP contribution in [0.2, 0.25) is 0 Å². The Morgan fingerprint density at radius 2 is 1.81 bits per heavy atom. The van der Waals surface area contributed by atoms with E-state index in [0.717, 1.165) is 60.5 Å². The fourth-order valence-corrected chi connectivity index (χ4v) is 4.80. The van der Waals surface area contributed by atoms with Crippen molar-refractivity contribution in [2.45, 2.75) is 32.2 Å². The van der Waals surface area contributed by atoms with Crippen LogP contribution in [-0.4, -0.2) is 36.9 Å². The van der Waals surface area contributed by atoms with Crippen LogP contribution in [0.5, 0.6) is 17.4 Å². The van der Waals surface area contributed by atoms with Crippen LogP contribution >= 0.6 is 0 Å². The molecule has 5 nitrogen and oxygen atoms in total. The molecule has 1 fully saturated rings. The molecule has 1 saturated heterocycles. The van der Waals surface area contributed by atoms with Crippen molar-refractivity contribution in [3.8, 4) is 28.5 Å². The van der Waals surface area contributed by atoms with Gasteiger partial charge in [-0.05, 0) is 68.0 Å². The number of hydrogen-bond acceptors (Lipinski definition) is 5. The van der Waals surface area contributed by atoms with Crippen molar-refractivity contribution in [2.75, 3.05) is 27.0 Å². The number of piperidine rings is 1. The molecule has 2 aromatic carbocycles. The van der Waals surface area contributed by atoms with Crippen LogP contribution in [0.4, 0.5) is 0 Å². The van der Waals surface area contributed by atoms with Gasteiger partial charge in [-0.3, -0.25) is 4.90 Å². The zero-order chi connectivity index (χ0) is 21.8. The summed E-state index contributed by atoms with van der Waals surface area (Å²) < 4.78 is 16.7. The maximum atomic E-state index is 5.67. The predicted molar refractivity (Wildman–Crippen MR) is 125 cm³/mol. The summed E-state index contributed by atoms with van der Waals surface area (Å²) in [4.78, 5) is 7.10. The number of pyridine rings is 1. The molecule has 3 aromatic rings. The van der Waals surface area contributed by atoms with E-state index in [0.29, 0.717) is 6.79 Å². The Labute approximate surface area is 190 Å². The number of likely N-dealkylation sites (tertiary alicyclic amines) is 1. The van der Waals surface area contributed by atoms with Crippen LogP contribution in [-0.2, 0) is 13.0 Å². The van der Waals surface area contributed by atoms with E-state index in [2.05, 4.69) is 52.3 Å². The zero-order valence-corrected chi connectivity index (χ0v) is 18.6. The fraction of sp³-hybridized carbons (Fsp3) is 0.370. The summed E-state index contributed by atoms with van der Waals surface area (Å²) in [7, 11) is 1.70. The highest BCUT2D eigenvalue weighted by Gasteiger charge is 2.22. The van der Waals surface area contributed by atoms with Crippen molar-refractivity contribution in [3.05, 3.63) is 71.9 Å². The zero-order valence-electron chi connectivity index (χ0n) is 18.6. The van der Waals surface area contributed by atoms with Gasteiger partial charge in [-0.15, -0.1) is 0 Å². The number of rotatable bonds is 7. The van der Waals surface area contributed by atoms with Crippen LogP contribution in [0.3, 0.4) is 0 Å². The minimum atomic E-state index is 0.342. The summed E-state index contributed by atoms with van der Waals surface area (Å²) in [5.41, 5.74) is 4.75. The smallest absolute Gasteiger partial charge is 0.231 e. The molecule has 0 unspecified atom stereocenters. The molecule has 2 aliphatic rings. The minimum Gasteiger partial charge on any atom is -0.481 e. The van der Waals surface area contributed by atoms with Crippen molar-refractivity contribution < 1.29 is 14.2 Å². The molecular weight excluding hydrogens is 400 g/mol. The van der Waals surface area contributed by atoms with Crippen molar-refractivity contribution in [3.63, 3.8) is 0 Å². The first-order valence-corrected chi connectivity index (χ1v) is 11.5. The van der Waals surface area contributed by atoms with Gasteiger partial charge < -0.3 is 14.2 Å². The first-order chi connectivity index (χ1) is 15.8. The van der Waals surface area contributed by atoms with Crippen molar-refractivity contribution >= 4 is 0 Å². The van der Waals surface area contributed by atoms with Crippen LogP contribution in [0.25, 0.3) is 11.1 Å². The van der Waals surface area contributed by atoms with Gasteiger partial charge in [0.05, 0.1) is 7.11 Å². The van der Waals surface area contributed by atoms with Gasteiger partial charge in [-0.25, -0.2) is 4.98 Å². The normalized spacial score (nSPS) is 16.3. The predicted octanol–water partition coefficient (Wildman–Crippen LogP) is 5.33.